The first-order valence-corrected chi connectivity index (χ1v) is 8.42. The van der Waals surface area contributed by atoms with Crippen molar-refractivity contribution < 1.29 is 9.85 Å². The lowest BCUT2D eigenvalue weighted by Crippen LogP contribution is -2.04. The molecule has 0 bridgehead atoms. The molecule has 0 radical (unpaired) electrons. The van der Waals surface area contributed by atoms with E-state index in [0.717, 1.165) is 22.6 Å². The van der Waals surface area contributed by atoms with Gasteiger partial charge in [-0.25, -0.2) is 0 Å². The second-order valence-corrected chi connectivity index (χ2v) is 5.97. The van der Waals surface area contributed by atoms with Gasteiger partial charge < -0.3 is 10.6 Å². The van der Waals surface area contributed by atoms with Gasteiger partial charge in [0.1, 0.15) is 0 Å². The molecule has 2 aromatic carbocycles. The van der Waals surface area contributed by atoms with Crippen molar-refractivity contribution in [1.29, 1.82) is 0 Å². The molecule has 0 spiro atoms. The minimum atomic E-state index is -0.436. The minimum absolute atomic E-state index is 0.0496. The first-order chi connectivity index (χ1) is 13.5. The average molecular weight is 379 g/mol. The Kier molecular flexibility index (Phi) is 5.75. The van der Waals surface area contributed by atoms with Crippen molar-refractivity contribution in [3.8, 4) is 0 Å². The van der Waals surface area contributed by atoms with E-state index in [9.17, 15) is 20.2 Å². The van der Waals surface area contributed by atoms with Crippen LogP contribution in [0.5, 0.6) is 0 Å². The molecule has 0 aliphatic heterocycles. The van der Waals surface area contributed by atoms with E-state index in [1.54, 1.807) is 30.5 Å². The van der Waals surface area contributed by atoms with E-state index >= 15 is 0 Å². The van der Waals surface area contributed by atoms with Crippen molar-refractivity contribution in [3.63, 3.8) is 0 Å². The Morgan fingerprint density at radius 1 is 0.714 bits per heavy atom. The Morgan fingerprint density at radius 3 is 1.64 bits per heavy atom. The standard InChI is InChI=1S/C19H17N5O4/c25-23(26)18-7-3-15(4-8-18)20-11-14-1-2-17(21-12-14)13-22-16-5-9-19(10-6-16)24(27)28/h1-10,12,20,22H,11,13H2. The number of nitrogens with zero attached hydrogens (tertiary/aromatic N) is 3. The van der Waals surface area contributed by atoms with E-state index in [0.29, 0.717) is 13.1 Å². The van der Waals surface area contributed by atoms with Crippen molar-refractivity contribution in [2.75, 3.05) is 10.6 Å². The van der Waals surface area contributed by atoms with Gasteiger partial charge in [0.15, 0.2) is 0 Å². The molecule has 0 saturated carbocycles. The lowest BCUT2D eigenvalue weighted by molar-refractivity contribution is -0.385. The maximum atomic E-state index is 10.7. The maximum Gasteiger partial charge on any atom is 0.269 e. The Bertz CT molecular complexity index is 877. The third-order valence-corrected chi connectivity index (χ3v) is 4.01. The molecule has 0 aliphatic rings. The molecule has 1 heterocycles. The molecule has 0 aliphatic carbocycles. The second-order valence-electron chi connectivity index (χ2n) is 5.97. The third kappa shape index (κ3) is 5.01. The molecular weight excluding hydrogens is 362 g/mol. The fourth-order valence-corrected chi connectivity index (χ4v) is 2.46. The van der Waals surface area contributed by atoms with Gasteiger partial charge in [0.2, 0.25) is 0 Å². The Balaban J connectivity index is 1.50. The monoisotopic (exact) mass is 379 g/mol. The molecule has 0 amide bonds. The highest BCUT2D eigenvalue weighted by molar-refractivity contribution is 5.49. The van der Waals surface area contributed by atoms with Gasteiger partial charge >= 0.3 is 0 Å². The van der Waals surface area contributed by atoms with Crippen LogP contribution in [0.4, 0.5) is 22.7 Å². The number of aromatic nitrogens is 1. The van der Waals surface area contributed by atoms with Crippen LogP contribution in [0.3, 0.4) is 0 Å². The van der Waals surface area contributed by atoms with Gasteiger partial charge in [-0.2, -0.15) is 0 Å². The van der Waals surface area contributed by atoms with Gasteiger partial charge in [-0.15, -0.1) is 0 Å². The number of pyridine rings is 1. The fraction of sp³-hybridized carbons (Fsp3) is 0.105. The van der Waals surface area contributed by atoms with Gasteiger partial charge in [0.25, 0.3) is 11.4 Å². The largest absolute Gasteiger partial charge is 0.381 e. The Hall–Kier alpha value is -4.01. The van der Waals surface area contributed by atoms with Crippen LogP contribution >= 0.6 is 0 Å². The van der Waals surface area contributed by atoms with Crippen LogP contribution in [0.15, 0.2) is 66.9 Å². The number of hydrogen-bond acceptors (Lipinski definition) is 7. The summed E-state index contributed by atoms with van der Waals surface area (Å²) in [6.45, 7) is 1.04. The van der Waals surface area contributed by atoms with Crippen LogP contribution in [-0.4, -0.2) is 14.8 Å². The lowest BCUT2D eigenvalue weighted by atomic mass is 10.2. The summed E-state index contributed by atoms with van der Waals surface area (Å²) in [5, 5.41) is 27.7. The minimum Gasteiger partial charge on any atom is -0.381 e. The molecule has 3 rings (SSSR count). The predicted molar refractivity (Wildman–Crippen MR) is 105 cm³/mol. The van der Waals surface area contributed by atoms with E-state index in [1.807, 2.05) is 12.1 Å². The van der Waals surface area contributed by atoms with Crippen LogP contribution in [0.1, 0.15) is 11.3 Å². The Morgan fingerprint density at radius 2 is 1.21 bits per heavy atom. The molecule has 1 aromatic heterocycles. The summed E-state index contributed by atoms with van der Waals surface area (Å²) in [5.74, 6) is 0. The molecule has 0 unspecified atom stereocenters. The summed E-state index contributed by atoms with van der Waals surface area (Å²) >= 11 is 0. The summed E-state index contributed by atoms with van der Waals surface area (Å²) in [6.07, 6.45) is 1.76. The van der Waals surface area contributed by atoms with Gasteiger partial charge in [0.05, 0.1) is 22.1 Å². The molecular formula is C19H17N5O4. The van der Waals surface area contributed by atoms with Gasteiger partial charge in [-0.3, -0.25) is 25.2 Å². The topological polar surface area (TPSA) is 123 Å². The summed E-state index contributed by atoms with van der Waals surface area (Å²) in [7, 11) is 0. The molecule has 0 saturated heterocycles. The number of benzene rings is 2. The van der Waals surface area contributed by atoms with Crippen molar-refractivity contribution in [2.24, 2.45) is 0 Å². The van der Waals surface area contributed by atoms with Crippen molar-refractivity contribution in [1.82, 2.24) is 4.98 Å². The van der Waals surface area contributed by atoms with Crippen molar-refractivity contribution >= 4 is 22.7 Å². The van der Waals surface area contributed by atoms with Gasteiger partial charge in [0, 0.05) is 48.4 Å². The lowest BCUT2D eigenvalue weighted by Gasteiger charge is -2.08. The summed E-state index contributed by atoms with van der Waals surface area (Å²) < 4.78 is 0. The van der Waals surface area contributed by atoms with Crippen molar-refractivity contribution in [3.05, 3.63) is 98.3 Å². The fourth-order valence-electron chi connectivity index (χ4n) is 2.46. The number of nitro benzene ring substituents is 2. The number of anilines is 2. The smallest absolute Gasteiger partial charge is 0.269 e. The first-order valence-electron chi connectivity index (χ1n) is 8.42. The highest BCUT2D eigenvalue weighted by Crippen LogP contribution is 2.17. The summed E-state index contributed by atoms with van der Waals surface area (Å²) in [5.41, 5.74) is 3.46. The van der Waals surface area contributed by atoms with E-state index in [-0.39, 0.29) is 11.4 Å². The molecule has 0 fully saturated rings. The van der Waals surface area contributed by atoms with Crippen LogP contribution in [-0.2, 0) is 13.1 Å². The van der Waals surface area contributed by atoms with Crippen LogP contribution in [0.2, 0.25) is 0 Å². The summed E-state index contributed by atoms with van der Waals surface area (Å²) in [6, 6.07) is 16.3. The zero-order valence-electron chi connectivity index (χ0n) is 14.7. The first kappa shape index (κ1) is 18.8. The number of hydrogen-bond donors (Lipinski definition) is 2. The highest BCUT2D eigenvalue weighted by atomic mass is 16.6. The van der Waals surface area contributed by atoms with Crippen LogP contribution < -0.4 is 10.6 Å². The van der Waals surface area contributed by atoms with Crippen molar-refractivity contribution in [2.45, 2.75) is 13.1 Å². The number of non-ortho nitro benzene ring substituents is 2. The third-order valence-electron chi connectivity index (χ3n) is 4.01. The van der Waals surface area contributed by atoms with E-state index in [2.05, 4.69) is 15.6 Å². The molecule has 142 valence electrons. The van der Waals surface area contributed by atoms with Crippen LogP contribution in [0.25, 0.3) is 0 Å². The highest BCUT2D eigenvalue weighted by Gasteiger charge is 2.05. The Labute approximate surface area is 160 Å². The predicted octanol–water partition coefficient (Wildman–Crippen LogP) is 4.12. The SMILES string of the molecule is O=[N+]([O-])c1ccc(NCc2ccc(CNc3ccc([N+](=O)[O-])cc3)nc2)cc1. The molecule has 28 heavy (non-hydrogen) atoms. The number of nitro groups is 2. The van der Waals surface area contributed by atoms with Gasteiger partial charge in [-0.05, 0) is 35.9 Å². The number of rotatable bonds is 8. The molecule has 0 atom stereocenters. The molecule has 9 nitrogen and oxygen atoms in total. The van der Waals surface area contributed by atoms with Gasteiger partial charge in [-0.1, -0.05) is 6.07 Å². The molecule has 2 N–H and O–H groups in total. The van der Waals surface area contributed by atoms with Crippen LogP contribution in [0, 0.1) is 20.2 Å². The zero-order chi connectivity index (χ0) is 19.9. The van der Waals surface area contributed by atoms with E-state index in [4.69, 9.17) is 0 Å². The normalized spacial score (nSPS) is 10.3. The maximum absolute atomic E-state index is 10.7. The molecule has 9 heteroatoms. The zero-order valence-corrected chi connectivity index (χ0v) is 14.7. The quantitative estimate of drug-likeness (QED) is 0.445. The number of nitrogens with one attached hydrogen (secondary N) is 2. The van der Waals surface area contributed by atoms with E-state index in [1.165, 1.54) is 24.3 Å². The second kappa shape index (κ2) is 8.58. The molecule has 3 aromatic rings. The van der Waals surface area contributed by atoms with E-state index < -0.39 is 9.85 Å². The average Bonchev–Trinajstić information content (AvgIpc) is 2.72. The summed E-state index contributed by atoms with van der Waals surface area (Å²) in [4.78, 5) is 24.8.